The van der Waals surface area contributed by atoms with Crippen molar-refractivity contribution < 1.29 is 9.90 Å². The number of nitrogens with zero attached hydrogens (tertiary/aromatic N) is 1. The van der Waals surface area contributed by atoms with Crippen LogP contribution in [0.15, 0.2) is 30.3 Å². The average molecular weight is 290 g/mol. The van der Waals surface area contributed by atoms with Gasteiger partial charge in [-0.3, -0.25) is 0 Å². The molecule has 1 aromatic rings. The summed E-state index contributed by atoms with van der Waals surface area (Å²) in [7, 11) is 0. The van der Waals surface area contributed by atoms with E-state index in [4.69, 9.17) is 5.11 Å². The molecule has 1 aromatic carbocycles. The van der Waals surface area contributed by atoms with Gasteiger partial charge in [0.05, 0.1) is 0 Å². The lowest BCUT2D eigenvalue weighted by Crippen LogP contribution is -2.41. The van der Waals surface area contributed by atoms with Crippen LogP contribution in [0.3, 0.4) is 0 Å². The Hall–Kier alpha value is -1.55. The van der Waals surface area contributed by atoms with Gasteiger partial charge in [0, 0.05) is 38.1 Å². The van der Waals surface area contributed by atoms with Crippen LogP contribution in [0.4, 0.5) is 4.79 Å². The summed E-state index contributed by atoms with van der Waals surface area (Å²) in [5, 5.41) is 12.2. The third kappa shape index (κ3) is 4.21. The molecule has 0 aromatic heterocycles. The predicted octanol–water partition coefficient (Wildman–Crippen LogP) is 2.45. The van der Waals surface area contributed by atoms with Crippen LogP contribution in [0.5, 0.6) is 0 Å². The molecule has 0 bridgehead atoms. The molecular formula is C17H26N2O2. The normalized spacial score (nSPS) is 19.8. The highest BCUT2D eigenvalue weighted by molar-refractivity contribution is 5.74. The summed E-state index contributed by atoms with van der Waals surface area (Å²) in [4.78, 5) is 14.0. The Morgan fingerprint density at radius 1 is 1.38 bits per heavy atom. The fourth-order valence-corrected chi connectivity index (χ4v) is 2.91. The zero-order valence-corrected chi connectivity index (χ0v) is 13.0. The van der Waals surface area contributed by atoms with Gasteiger partial charge in [-0.2, -0.15) is 0 Å². The summed E-state index contributed by atoms with van der Waals surface area (Å²) in [5.41, 5.74) is 1.27. The first-order chi connectivity index (χ1) is 10.1. The summed E-state index contributed by atoms with van der Waals surface area (Å²) in [6, 6.07) is 10.3. The van der Waals surface area contributed by atoms with Crippen molar-refractivity contribution in [1.82, 2.24) is 10.2 Å². The summed E-state index contributed by atoms with van der Waals surface area (Å²) < 4.78 is 0. The highest BCUT2D eigenvalue weighted by atomic mass is 16.3. The van der Waals surface area contributed by atoms with E-state index in [0.717, 1.165) is 13.0 Å². The topological polar surface area (TPSA) is 52.6 Å². The molecule has 2 atom stereocenters. The number of urea groups is 1. The summed E-state index contributed by atoms with van der Waals surface area (Å²) in [6.45, 7) is 6.60. The number of hydrogen-bond donors (Lipinski definition) is 2. The molecule has 0 aliphatic carbocycles. The zero-order chi connectivity index (χ0) is 15.2. The van der Waals surface area contributed by atoms with Crippen LogP contribution in [-0.4, -0.2) is 42.3 Å². The van der Waals surface area contributed by atoms with Gasteiger partial charge >= 0.3 is 6.03 Å². The highest BCUT2D eigenvalue weighted by Gasteiger charge is 2.26. The quantitative estimate of drug-likeness (QED) is 0.875. The van der Waals surface area contributed by atoms with Crippen molar-refractivity contribution in [1.29, 1.82) is 0 Å². The number of amides is 2. The Labute approximate surface area is 127 Å². The van der Waals surface area contributed by atoms with Gasteiger partial charge < -0.3 is 15.3 Å². The Balaban J connectivity index is 1.89. The maximum absolute atomic E-state index is 12.2. The number of hydrogen-bond acceptors (Lipinski definition) is 2. The molecule has 0 saturated carbocycles. The summed E-state index contributed by atoms with van der Waals surface area (Å²) >= 11 is 0. The molecule has 0 spiro atoms. The van der Waals surface area contributed by atoms with Gasteiger partial charge in [-0.05, 0) is 17.9 Å². The summed E-state index contributed by atoms with van der Waals surface area (Å²) in [6.07, 6.45) is 0.899. The maximum atomic E-state index is 12.2. The maximum Gasteiger partial charge on any atom is 0.317 e. The third-order valence-electron chi connectivity index (χ3n) is 4.34. The second-order valence-corrected chi connectivity index (χ2v) is 6.23. The molecule has 1 aliphatic heterocycles. The molecule has 2 amide bonds. The standard InChI is InChI=1S/C17H26N2O2/c1-13(2)16(15-6-4-3-5-7-15)10-18-17(21)19-9-8-14(11-19)12-20/h3-7,13-14,16,20H,8-12H2,1-2H3,(H,18,21). The van der Waals surface area contributed by atoms with Gasteiger partial charge in [0.1, 0.15) is 0 Å². The van der Waals surface area contributed by atoms with E-state index >= 15 is 0 Å². The number of benzene rings is 1. The smallest absolute Gasteiger partial charge is 0.317 e. The first kappa shape index (κ1) is 15.8. The molecule has 21 heavy (non-hydrogen) atoms. The largest absolute Gasteiger partial charge is 0.396 e. The number of carbonyl (C=O) groups is 1. The molecule has 116 valence electrons. The minimum Gasteiger partial charge on any atom is -0.396 e. The van der Waals surface area contributed by atoms with Crippen LogP contribution >= 0.6 is 0 Å². The SMILES string of the molecule is CC(C)C(CNC(=O)N1CCC(CO)C1)c1ccccc1. The lowest BCUT2D eigenvalue weighted by molar-refractivity contribution is 0.197. The number of carbonyl (C=O) groups excluding carboxylic acids is 1. The van der Waals surface area contributed by atoms with E-state index in [-0.39, 0.29) is 18.6 Å². The number of aliphatic hydroxyl groups excluding tert-OH is 1. The second-order valence-electron chi connectivity index (χ2n) is 6.23. The monoisotopic (exact) mass is 290 g/mol. The molecule has 4 heteroatoms. The molecule has 4 nitrogen and oxygen atoms in total. The fraction of sp³-hybridized carbons (Fsp3) is 0.588. The van der Waals surface area contributed by atoms with Crippen molar-refractivity contribution in [2.45, 2.75) is 26.2 Å². The molecule has 1 heterocycles. The lowest BCUT2D eigenvalue weighted by Gasteiger charge is -2.24. The van der Waals surface area contributed by atoms with Crippen LogP contribution in [-0.2, 0) is 0 Å². The van der Waals surface area contributed by atoms with Gasteiger partial charge in [-0.25, -0.2) is 4.79 Å². The van der Waals surface area contributed by atoms with Crippen LogP contribution in [0.25, 0.3) is 0 Å². The Kier molecular flexibility index (Phi) is 5.62. The Morgan fingerprint density at radius 2 is 2.10 bits per heavy atom. The number of nitrogens with one attached hydrogen (secondary N) is 1. The molecule has 2 N–H and O–H groups in total. The van der Waals surface area contributed by atoms with E-state index < -0.39 is 0 Å². The number of likely N-dealkylation sites (tertiary alicyclic amines) is 1. The van der Waals surface area contributed by atoms with Crippen LogP contribution in [0.2, 0.25) is 0 Å². The van der Waals surface area contributed by atoms with Crippen molar-refractivity contribution in [3.63, 3.8) is 0 Å². The van der Waals surface area contributed by atoms with Crippen molar-refractivity contribution in [3.8, 4) is 0 Å². The third-order valence-corrected chi connectivity index (χ3v) is 4.34. The van der Waals surface area contributed by atoms with E-state index in [1.807, 2.05) is 23.1 Å². The molecular weight excluding hydrogens is 264 g/mol. The molecule has 1 saturated heterocycles. The van der Waals surface area contributed by atoms with E-state index in [9.17, 15) is 4.79 Å². The van der Waals surface area contributed by atoms with E-state index in [0.29, 0.717) is 24.9 Å². The van der Waals surface area contributed by atoms with E-state index in [1.165, 1.54) is 5.56 Å². The predicted molar refractivity (Wildman–Crippen MR) is 84.2 cm³/mol. The van der Waals surface area contributed by atoms with E-state index in [2.05, 4.69) is 31.3 Å². The van der Waals surface area contributed by atoms with Gasteiger partial charge in [0.25, 0.3) is 0 Å². The van der Waals surface area contributed by atoms with Crippen LogP contribution < -0.4 is 5.32 Å². The fourth-order valence-electron chi connectivity index (χ4n) is 2.91. The zero-order valence-electron chi connectivity index (χ0n) is 13.0. The molecule has 2 unspecified atom stereocenters. The first-order valence-corrected chi connectivity index (χ1v) is 7.80. The summed E-state index contributed by atoms with van der Waals surface area (Å²) in [5.74, 6) is 1.04. The van der Waals surface area contributed by atoms with Crippen molar-refractivity contribution in [2.75, 3.05) is 26.2 Å². The van der Waals surface area contributed by atoms with Gasteiger partial charge in [-0.1, -0.05) is 44.2 Å². The molecule has 1 fully saturated rings. The lowest BCUT2D eigenvalue weighted by atomic mass is 9.88. The van der Waals surface area contributed by atoms with Gasteiger partial charge in [-0.15, -0.1) is 0 Å². The molecule has 2 rings (SSSR count). The molecule has 1 aliphatic rings. The minimum absolute atomic E-state index is 0.00692. The van der Waals surface area contributed by atoms with Crippen LogP contribution in [0.1, 0.15) is 31.7 Å². The molecule has 0 radical (unpaired) electrons. The minimum atomic E-state index is -0.00692. The van der Waals surface area contributed by atoms with Crippen molar-refractivity contribution in [3.05, 3.63) is 35.9 Å². The Morgan fingerprint density at radius 3 is 2.67 bits per heavy atom. The van der Waals surface area contributed by atoms with Gasteiger partial charge in [0.15, 0.2) is 0 Å². The average Bonchev–Trinajstić information content (AvgIpc) is 2.97. The Bertz CT molecular complexity index is 447. The van der Waals surface area contributed by atoms with Crippen molar-refractivity contribution in [2.24, 2.45) is 11.8 Å². The second kappa shape index (κ2) is 7.46. The highest BCUT2D eigenvalue weighted by Crippen LogP contribution is 2.23. The van der Waals surface area contributed by atoms with Crippen LogP contribution in [0, 0.1) is 11.8 Å². The number of rotatable bonds is 5. The van der Waals surface area contributed by atoms with E-state index in [1.54, 1.807) is 0 Å². The number of aliphatic hydroxyl groups is 1. The van der Waals surface area contributed by atoms with Gasteiger partial charge in [0.2, 0.25) is 0 Å². The first-order valence-electron chi connectivity index (χ1n) is 7.80. The van der Waals surface area contributed by atoms with Crippen molar-refractivity contribution >= 4 is 6.03 Å².